The Balaban J connectivity index is 2.18. The quantitative estimate of drug-likeness (QED) is 0.484. The molecule has 18 heavy (non-hydrogen) atoms. The van der Waals surface area contributed by atoms with Gasteiger partial charge in [-0.2, -0.15) is 0 Å². The lowest BCUT2D eigenvalue weighted by molar-refractivity contribution is -0.117. The molecule has 1 aliphatic heterocycles. The molecular weight excluding hydrogens is 323 g/mol. The van der Waals surface area contributed by atoms with Crippen molar-refractivity contribution in [1.29, 1.82) is 0 Å². The van der Waals surface area contributed by atoms with Gasteiger partial charge in [-0.05, 0) is 33.4 Å². The van der Waals surface area contributed by atoms with Crippen molar-refractivity contribution in [2.24, 2.45) is 11.0 Å². The Labute approximate surface area is 116 Å². The van der Waals surface area contributed by atoms with Crippen LogP contribution in [0.2, 0.25) is 5.15 Å². The predicted octanol–water partition coefficient (Wildman–Crippen LogP) is 2.56. The van der Waals surface area contributed by atoms with Gasteiger partial charge < -0.3 is 0 Å². The number of halogens is 2. The third kappa shape index (κ3) is 2.72. The summed E-state index contributed by atoms with van der Waals surface area (Å²) in [5, 5.41) is 11.4. The summed E-state index contributed by atoms with van der Waals surface area (Å²) >= 11 is 8.99. The molecule has 7 nitrogen and oxygen atoms in total. The van der Waals surface area contributed by atoms with Crippen molar-refractivity contribution < 1.29 is 4.79 Å². The lowest BCUT2D eigenvalue weighted by Crippen LogP contribution is -2.26. The Morgan fingerprint density at radius 1 is 1.67 bits per heavy atom. The molecule has 0 aliphatic carbocycles. The van der Waals surface area contributed by atoms with E-state index in [1.165, 1.54) is 4.90 Å². The Morgan fingerprint density at radius 3 is 3.11 bits per heavy atom. The van der Waals surface area contributed by atoms with Gasteiger partial charge in [-0.15, -0.1) is 10.2 Å². The molecule has 1 unspecified atom stereocenters. The molecule has 1 aromatic heterocycles. The lowest BCUT2D eigenvalue weighted by atomic mass is 10.1. The molecular formula is C9H8BrClN6O. The van der Waals surface area contributed by atoms with Crippen molar-refractivity contribution in [3.63, 3.8) is 0 Å². The first-order valence-electron chi connectivity index (χ1n) is 5.11. The lowest BCUT2D eigenvalue weighted by Gasteiger charge is -2.15. The summed E-state index contributed by atoms with van der Waals surface area (Å²) in [6.07, 6.45) is 0.343. The molecule has 2 rings (SSSR count). The average molecular weight is 332 g/mol. The normalized spacial score (nSPS) is 18.9. The van der Waals surface area contributed by atoms with Crippen LogP contribution in [0.4, 0.5) is 5.82 Å². The van der Waals surface area contributed by atoms with Crippen molar-refractivity contribution in [3.8, 4) is 0 Å². The van der Waals surface area contributed by atoms with Crippen LogP contribution in [-0.4, -0.2) is 29.2 Å². The monoisotopic (exact) mass is 330 g/mol. The fraction of sp³-hybridized carbons (Fsp3) is 0.444. The van der Waals surface area contributed by atoms with Crippen LogP contribution >= 0.6 is 27.5 Å². The van der Waals surface area contributed by atoms with E-state index in [-0.39, 0.29) is 17.0 Å². The number of nitrogens with zero attached hydrogens (tertiary/aromatic N) is 6. The number of aromatic nitrogens is 2. The number of amides is 1. The van der Waals surface area contributed by atoms with Crippen molar-refractivity contribution in [2.75, 3.05) is 18.0 Å². The van der Waals surface area contributed by atoms with Gasteiger partial charge in [0.05, 0.1) is 4.47 Å². The molecule has 0 saturated carbocycles. The number of anilines is 1. The Morgan fingerprint density at radius 2 is 2.44 bits per heavy atom. The summed E-state index contributed by atoms with van der Waals surface area (Å²) in [5.74, 6) is 0.385. The fourth-order valence-electron chi connectivity index (χ4n) is 1.78. The minimum absolute atomic E-state index is 0.0118. The number of hydrogen-bond donors (Lipinski definition) is 0. The van der Waals surface area contributed by atoms with E-state index in [1.54, 1.807) is 6.07 Å². The third-order valence-electron chi connectivity index (χ3n) is 2.56. The number of carbonyl (C=O) groups is 1. The molecule has 1 aromatic rings. The minimum atomic E-state index is -0.0644. The molecule has 9 heteroatoms. The summed E-state index contributed by atoms with van der Waals surface area (Å²) in [4.78, 5) is 16.1. The largest absolute Gasteiger partial charge is 0.294 e. The molecule has 2 heterocycles. The highest BCUT2D eigenvalue weighted by Gasteiger charge is 2.32. The summed E-state index contributed by atoms with van der Waals surface area (Å²) in [7, 11) is 0. The SMILES string of the molecule is [N-]=[N+]=NCC1CC(=O)N(c2nnc(Cl)cc2Br)C1. The van der Waals surface area contributed by atoms with E-state index in [0.29, 0.717) is 29.8 Å². The Kier molecular flexibility index (Phi) is 4.00. The maximum atomic E-state index is 11.9. The van der Waals surface area contributed by atoms with Gasteiger partial charge >= 0.3 is 0 Å². The molecule has 1 aliphatic rings. The zero-order valence-corrected chi connectivity index (χ0v) is 11.5. The first kappa shape index (κ1) is 13.1. The van der Waals surface area contributed by atoms with Gasteiger partial charge in [-0.1, -0.05) is 16.7 Å². The molecule has 0 bridgehead atoms. The van der Waals surface area contributed by atoms with Gasteiger partial charge in [0, 0.05) is 24.4 Å². The highest BCUT2D eigenvalue weighted by atomic mass is 79.9. The van der Waals surface area contributed by atoms with Crippen LogP contribution in [0.3, 0.4) is 0 Å². The number of hydrogen-bond acceptors (Lipinski definition) is 4. The van der Waals surface area contributed by atoms with Crippen LogP contribution in [0.25, 0.3) is 10.4 Å². The van der Waals surface area contributed by atoms with Gasteiger partial charge in [-0.3, -0.25) is 9.69 Å². The van der Waals surface area contributed by atoms with Crippen LogP contribution in [-0.2, 0) is 4.79 Å². The third-order valence-corrected chi connectivity index (χ3v) is 3.33. The van der Waals surface area contributed by atoms with Crippen molar-refractivity contribution in [3.05, 3.63) is 26.1 Å². The van der Waals surface area contributed by atoms with Crippen molar-refractivity contribution in [1.82, 2.24) is 10.2 Å². The maximum Gasteiger partial charge on any atom is 0.228 e. The smallest absolute Gasteiger partial charge is 0.228 e. The zero-order chi connectivity index (χ0) is 13.1. The van der Waals surface area contributed by atoms with E-state index in [4.69, 9.17) is 17.1 Å². The summed E-state index contributed by atoms with van der Waals surface area (Å²) in [6, 6.07) is 1.58. The van der Waals surface area contributed by atoms with Gasteiger partial charge in [0.2, 0.25) is 5.91 Å². The summed E-state index contributed by atoms with van der Waals surface area (Å²) in [6.45, 7) is 0.768. The number of carbonyl (C=O) groups excluding carboxylic acids is 1. The van der Waals surface area contributed by atoms with Gasteiger partial charge in [0.1, 0.15) is 0 Å². The first-order valence-corrected chi connectivity index (χ1v) is 6.29. The zero-order valence-electron chi connectivity index (χ0n) is 9.12. The highest BCUT2D eigenvalue weighted by molar-refractivity contribution is 9.10. The number of azide groups is 1. The van der Waals surface area contributed by atoms with Crippen molar-refractivity contribution >= 4 is 39.3 Å². The second-order valence-electron chi connectivity index (χ2n) is 3.83. The molecule has 0 radical (unpaired) electrons. The molecule has 1 amide bonds. The van der Waals surface area contributed by atoms with E-state index in [2.05, 4.69) is 36.2 Å². The number of rotatable bonds is 3. The molecule has 0 N–H and O–H groups in total. The van der Waals surface area contributed by atoms with Gasteiger partial charge in [-0.25, -0.2) is 0 Å². The van der Waals surface area contributed by atoms with Crippen LogP contribution in [0.1, 0.15) is 6.42 Å². The van der Waals surface area contributed by atoms with Crippen LogP contribution in [0.15, 0.2) is 15.7 Å². The van der Waals surface area contributed by atoms with E-state index >= 15 is 0 Å². The molecule has 94 valence electrons. The van der Waals surface area contributed by atoms with Crippen molar-refractivity contribution in [2.45, 2.75) is 6.42 Å². The van der Waals surface area contributed by atoms with Crippen LogP contribution < -0.4 is 4.90 Å². The first-order chi connectivity index (χ1) is 8.61. The van der Waals surface area contributed by atoms with E-state index < -0.39 is 0 Å². The Bertz CT molecular complexity index is 532. The molecule has 1 fully saturated rings. The Hall–Kier alpha value is -1.37. The molecule has 1 saturated heterocycles. The predicted molar refractivity (Wildman–Crippen MR) is 69.2 cm³/mol. The van der Waals surface area contributed by atoms with E-state index in [0.717, 1.165) is 0 Å². The van der Waals surface area contributed by atoms with Crippen LogP contribution in [0, 0.1) is 5.92 Å². The van der Waals surface area contributed by atoms with E-state index in [1.807, 2.05) is 0 Å². The van der Waals surface area contributed by atoms with E-state index in [9.17, 15) is 4.79 Å². The maximum absolute atomic E-state index is 11.9. The molecule has 1 atom stereocenters. The fourth-order valence-corrected chi connectivity index (χ4v) is 2.57. The van der Waals surface area contributed by atoms with Crippen LogP contribution in [0.5, 0.6) is 0 Å². The second kappa shape index (κ2) is 5.51. The topological polar surface area (TPSA) is 94.9 Å². The standard InChI is InChI=1S/C9H8BrClN6O/c10-6-2-7(11)14-15-9(6)17-4-5(1-8(17)18)3-13-16-12/h2,5H,1,3-4H2. The summed E-state index contributed by atoms with van der Waals surface area (Å²) < 4.78 is 0.611. The minimum Gasteiger partial charge on any atom is -0.294 e. The molecule has 0 spiro atoms. The van der Waals surface area contributed by atoms with Gasteiger partial charge in [0.25, 0.3) is 0 Å². The molecule has 0 aromatic carbocycles. The average Bonchev–Trinajstić information content (AvgIpc) is 2.68. The highest BCUT2D eigenvalue weighted by Crippen LogP contribution is 2.30. The second-order valence-corrected chi connectivity index (χ2v) is 5.07. The summed E-state index contributed by atoms with van der Waals surface area (Å²) in [5.41, 5.74) is 8.27. The van der Waals surface area contributed by atoms with Gasteiger partial charge in [0.15, 0.2) is 11.0 Å².